The highest BCUT2D eigenvalue weighted by atomic mass is 32.1. The number of rotatable bonds is 3. The van der Waals surface area contributed by atoms with Crippen LogP contribution in [0.4, 0.5) is 4.39 Å². The first-order valence-corrected chi connectivity index (χ1v) is 10.4. The van der Waals surface area contributed by atoms with Gasteiger partial charge in [0.25, 0.3) is 0 Å². The van der Waals surface area contributed by atoms with Crippen LogP contribution in [0.1, 0.15) is 12.1 Å². The Morgan fingerprint density at radius 2 is 2.03 bits per heavy atom. The van der Waals surface area contributed by atoms with Gasteiger partial charge in [0.2, 0.25) is 0 Å². The number of hydrogen-bond donors (Lipinski definition) is 3. The lowest BCUT2D eigenvalue weighted by atomic mass is 10.1. The van der Waals surface area contributed by atoms with Crippen LogP contribution in [0.2, 0.25) is 0 Å². The summed E-state index contributed by atoms with van der Waals surface area (Å²) in [5.41, 5.74) is 6.61. The molecule has 0 aliphatic carbocycles. The van der Waals surface area contributed by atoms with Crippen molar-refractivity contribution in [2.75, 3.05) is 13.1 Å². The molecule has 0 unspecified atom stereocenters. The number of nitrogens with one attached hydrogen (secondary N) is 3. The minimum absolute atomic E-state index is 0.225. The number of hydrogen-bond acceptors (Lipinski definition) is 6. The summed E-state index contributed by atoms with van der Waals surface area (Å²) in [7, 11) is 0. The Morgan fingerprint density at radius 3 is 2.87 bits per heavy atom. The van der Waals surface area contributed by atoms with Gasteiger partial charge in [-0.15, -0.1) is 11.3 Å². The van der Waals surface area contributed by atoms with Crippen LogP contribution in [-0.2, 0) is 0 Å². The lowest BCUT2D eigenvalue weighted by molar-refractivity contribution is 0.657. The fourth-order valence-corrected chi connectivity index (χ4v) is 4.55. The number of pyridine rings is 2. The van der Waals surface area contributed by atoms with Crippen LogP contribution in [0.5, 0.6) is 0 Å². The van der Waals surface area contributed by atoms with Crippen LogP contribution >= 0.6 is 11.3 Å². The molecule has 1 aliphatic rings. The number of thiophene rings is 1. The fourth-order valence-electron chi connectivity index (χ4n) is 3.79. The molecule has 6 rings (SSSR count). The number of imidazole rings is 1. The summed E-state index contributed by atoms with van der Waals surface area (Å²) in [6.45, 7) is 1.81. The van der Waals surface area contributed by atoms with Crippen molar-refractivity contribution in [3.05, 3.63) is 53.4 Å². The van der Waals surface area contributed by atoms with Gasteiger partial charge in [0, 0.05) is 23.2 Å². The maximum Gasteiger partial charge on any atom is 0.178 e. The Labute approximate surface area is 174 Å². The molecule has 5 aromatic rings. The standard InChI is InChI=1S/C21H16FN7S/c22-16-4-3-15(30-16)12-7-10-24-20-17(12)26-21(27-20)19-18-14(28-29-19)2-1-13(25-18)11-5-8-23-9-6-11/h1-5,7,10,23H,6,8-9H2,(H,28,29)(H,24,26,27). The van der Waals surface area contributed by atoms with Gasteiger partial charge in [-0.25, -0.2) is 15.0 Å². The van der Waals surface area contributed by atoms with E-state index >= 15 is 0 Å². The summed E-state index contributed by atoms with van der Waals surface area (Å²) in [4.78, 5) is 18.0. The second kappa shape index (κ2) is 6.82. The van der Waals surface area contributed by atoms with Crippen molar-refractivity contribution in [1.82, 2.24) is 35.5 Å². The smallest absolute Gasteiger partial charge is 0.178 e. The predicted molar refractivity (Wildman–Crippen MR) is 116 cm³/mol. The quantitative estimate of drug-likeness (QED) is 0.410. The maximum atomic E-state index is 13.6. The Kier molecular flexibility index (Phi) is 3.96. The highest BCUT2D eigenvalue weighted by molar-refractivity contribution is 7.14. The van der Waals surface area contributed by atoms with Gasteiger partial charge >= 0.3 is 0 Å². The molecule has 0 fully saturated rings. The van der Waals surface area contributed by atoms with Gasteiger partial charge in [-0.2, -0.15) is 9.49 Å². The average molecular weight is 417 g/mol. The summed E-state index contributed by atoms with van der Waals surface area (Å²) >= 11 is 1.10. The molecule has 0 saturated heterocycles. The molecule has 9 heteroatoms. The number of halogens is 1. The average Bonchev–Trinajstić information content (AvgIpc) is 3.51. The van der Waals surface area contributed by atoms with Crippen LogP contribution in [0, 0.1) is 5.13 Å². The molecule has 0 amide bonds. The molecule has 30 heavy (non-hydrogen) atoms. The molecule has 6 heterocycles. The van der Waals surface area contributed by atoms with Crippen molar-refractivity contribution in [1.29, 1.82) is 0 Å². The summed E-state index contributed by atoms with van der Waals surface area (Å²) < 4.78 is 13.6. The van der Waals surface area contributed by atoms with Gasteiger partial charge < -0.3 is 10.3 Å². The van der Waals surface area contributed by atoms with E-state index in [-0.39, 0.29) is 5.13 Å². The third-order valence-corrected chi connectivity index (χ3v) is 6.16. The molecule has 0 atom stereocenters. The van der Waals surface area contributed by atoms with Gasteiger partial charge in [0.15, 0.2) is 22.3 Å². The van der Waals surface area contributed by atoms with Crippen LogP contribution in [-0.4, -0.2) is 43.2 Å². The molecule has 0 aromatic carbocycles. The molecule has 148 valence electrons. The summed E-state index contributed by atoms with van der Waals surface area (Å²) in [6, 6.07) is 9.10. The van der Waals surface area contributed by atoms with Crippen molar-refractivity contribution in [3.8, 4) is 22.0 Å². The maximum absolute atomic E-state index is 13.6. The third-order valence-electron chi connectivity index (χ3n) is 5.26. The zero-order valence-electron chi connectivity index (χ0n) is 15.7. The van der Waals surface area contributed by atoms with Gasteiger partial charge in [-0.05, 0) is 48.9 Å². The molecule has 0 saturated carbocycles. The molecule has 1 aliphatic heterocycles. The van der Waals surface area contributed by atoms with Crippen molar-refractivity contribution >= 4 is 39.1 Å². The first-order valence-electron chi connectivity index (χ1n) is 9.62. The molecule has 7 nitrogen and oxygen atoms in total. The molecular formula is C21H16FN7S. The molecule has 0 spiro atoms. The Morgan fingerprint density at radius 1 is 1.07 bits per heavy atom. The summed E-state index contributed by atoms with van der Waals surface area (Å²) in [6.07, 6.45) is 4.80. The SMILES string of the molecule is Fc1ccc(-c2ccnc3nc(-c4n[nH]c5ccc(C6=CCNCC6)nc45)[nH]c23)s1. The zero-order valence-corrected chi connectivity index (χ0v) is 16.6. The number of fused-ring (bicyclic) bond motifs is 2. The largest absolute Gasteiger partial charge is 0.335 e. The highest BCUT2D eigenvalue weighted by Crippen LogP contribution is 2.33. The lowest BCUT2D eigenvalue weighted by Gasteiger charge is -2.13. The normalized spacial score (nSPS) is 14.5. The number of aromatic nitrogens is 6. The predicted octanol–water partition coefficient (Wildman–Crippen LogP) is 4.14. The molecule has 5 aromatic heterocycles. The second-order valence-corrected chi connectivity index (χ2v) is 8.13. The zero-order chi connectivity index (χ0) is 20.1. The van der Waals surface area contributed by atoms with Crippen molar-refractivity contribution in [2.24, 2.45) is 0 Å². The molecule has 0 radical (unpaired) electrons. The highest BCUT2D eigenvalue weighted by Gasteiger charge is 2.18. The van der Waals surface area contributed by atoms with E-state index in [1.54, 1.807) is 12.3 Å². The van der Waals surface area contributed by atoms with E-state index in [0.717, 1.165) is 63.5 Å². The van der Waals surface area contributed by atoms with E-state index in [0.29, 0.717) is 17.2 Å². The van der Waals surface area contributed by atoms with Gasteiger partial charge in [0.1, 0.15) is 5.52 Å². The van der Waals surface area contributed by atoms with Crippen LogP contribution in [0.15, 0.2) is 42.6 Å². The van der Waals surface area contributed by atoms with Crippen LogP contribution < -0.4 is 5.32 Å². The number of H-pyrrole nitrogens is 2. The minimum atomic E-state index is -0.225. The van der Waals surface area contributed by atoms with Crippen molar-refractivity contribution < 1.29 is 4.39 Å². The minimum Gasteiger partial charge on any atom is -0.335 e. The van der Waals surface area contributed by atoms with E-state index in [9.17, 15) is 4.39 Å². The van der Waals surface area contributed by atoms with E-state index in [4.69, 9.17) is 4.98 Å². The van der Waals surface area contributed by atoms with Crippen molar-refractivity contribution in [3.63, 3.8) is 0 Å². The second-order valence-electron chi connectivity index (χ2n) is 7.09. The number of aromatic amines is 2. The molecule has 0 bridgehead atoms. The summed E-state index contributed by atoms with van der Waals surface area (Å²) in [5.74, 6) is 0.581. The van der Waals surface area contributed by atoms with E-state index < -0.39 is 0 Å². The third kappa shape index (κ3) is 2.82. The van der Waals surface area contributed by atoms with E-state index in [2.05, 4.69) is 36.5 Å². The van der Waals surface area contributed by atoms with Crippen LogP contribution in [0.25, 0.3) is 49.7 Å². The Hall–Kier alpha value is -3.43. The van der Waals surface area contributed by atoms with Crippen LogP contribution in [0.3, 0.4) is 0 Å². The topological polar surface area (TPSA) is 95.2 Å². The molecular weight excluding hydrogens is 401 g/mol. The number of nitrogens with zero attached hydrogens (tertiary/aromatic N) is 4. The monoisotopic (exact) mass is 417 g/mol. The van der Waals surface area contributed by atoms with E-state index in [1.165, 1.54) is 11.6 Å². The lowest BCUT2D eigenvalue weighted by Crippen LogP contribution is -2.20. The Bertz CT molecular complexity index is 1430. The molecule has 3 N–H and O–H groups in total. The van der Waals surface area contributed by atoms with Gasteiger partial charge in [0.05, 0.1) is 16.7 Å². The fraction of sp³-hybridized carbons (Fsp3) is 0.143. The van der Waals surface area contributed by atoms with Crippen molar-refractivity contribution in [2.45, 2.75) is 6.42 Å². The van der Waals surface area contributed by atoms with Gasteiger partial charge in [-0.1, -0.05) is 6.08 Å². The van der Waals surface area contributed by atoms with Gasteiger partial charge in [-0.3, -0.25) is 5.10 Å². The van der Waals surface area contributed by atoms with E-state index in [1.807, 2.05) is 18.2 Å². The first-order chi connectivity index (χ1) is 14.8. The first kappa shape index (κ1) is 17.4. The summed E-state index contributed by atoms with van der Waals surface area (Å²) in [5, 5.41) is 10.6. The Balaban J connectivity index is 1.49.